The number of para-hydroxylation sites is 1. The fourth-order valence-corrected chi connectivity index (χ4v) is 3.43. The van der Waals surface area contributed by atoms with Crippen molar-refractivity contribution < 1.29 is 5.11 Å². The maximum atomic E-state index is 9.29. The molecule has 0 aliphatic carbocycles. The molecule has 6 nitrogen and oxygen atoms in total. The Morgan fingerprint density at radius 3 is 2.56 bits per heavy atom. The van der Waals surface area contributed by atoms with Crippen LogP contribution < -0.4 is 5.32 Å². The van der Waals surface area contributed by atoms with Crippen LogP contribution in [0.4, 0.5) is 5.69 Å². The number of nitrogens with one attached hydrogen (secondary N) is 1. The molecule has 0 radical (unpaired) electrons. The van der Waals surface area contributed by atoms with Crippen molar-refractivity contribution in [3.8, 4) is 0 Å². The van der Waals surface area contributed by atoms with Gasteiger partial charge in [-0.15, -0.1) is 10.2 Å². The van der Waals surface area contributed by atoms with Gasteiger partial charge in [0.2, 0.25) is 0 Å². The summed E-state index contributed by atoms with van der Waals surface area (Å²) in [6.07, 6.45) is 3.07. The lowest BCUT2D eigenvalue weighted by atomic mass is 9.97. The summed E-state index contributed by atoms with van der Waals surface area (Å²) in [7, 11) is 2.02. The van der Waals surface area contributed by atoms with Crippen LogP contribution in [0.2, 0.25) is 0 Å². The predicted octanol–water partition coefficient (Wildman–Crippen LogP) is 2.19. The number of rotatable bonds is 7. The fraction of sp³-hybridized carbons (Fsp3) is 0.579. The Bertz CT molecular complexity index is 676. The van der Waals surface area contributed by atoms with Gasteiger partial charge in [-0.1, -0.05) is 25.1 Å². The van der Waals surface area contributed by atoms with E-state index < -0.39 is 0 Å². The van der Waals surface area contributed by atoms with E-state index in [0.717, 1.165) is 56.2 Å². The van der Waals surface area contributed by atoms with Gasteiger partial charge in [-0.3, -0.25) is 4.90 Å². The number of aryl methyl sites for hydroxylation is 1. The molecule has 0 unspecified atom stereocenters. The third kappa shape index (κ3) is 4.38. The van der Waals surface area contributed by atoms with Crippen molar-refractivity contribution in [2.24, 2.45) is 13.0 Å². The summed E-state index contributed by atoms with van der Waals surface area (Å²) in [5.74, 6) is 2.44. The summed E-state index contributed by atoms with van der Waals surface area (Å²) in [6, 6.07) is 8.48. The molecule has 0 atom stereocenters. The standard InChI is InChI=1S/C19H29N5O/c1-3-18-21-22-19(23(18)2)12-20-17-7-5-4-6-16(17)13-24-10-8-15(14-25)9-11-24/h4-7,15,20,25H,3,8-14H2,1-2H3. The molecule has 2 aromatic rings. The van der Waals surface area contributed by atoms with Crippen molar-refractivity contribution in [3.05, 3.63) is 41.5 Å². The average Bonchev–Trinajstić information content (AvgIpc) is 3.01. The summed E-state index contributed by atoms with van der Waals surface area (Å²) in [4.78, 5) is 2.48. The maximum absolute atomic E-state index is 9.29. The van der Waals surface area contributed by atoms with Crippen LogP contribution in [0.5, 0.6) is 0 Å². The molecule has 3 rings (SSSR count). The number of piperidine rings is 1. The minimum atomic E-state index is 0.323. The van der Waals surface area contributed by atoms with Crippen LogP contribution in [-0.4, -0.2) is 44.5 Å². The highest BCUT2D eigenvalue weighted by molar-refractivity contribution is 5.51. The molecule has 25 heavy (non-hydrogen) atoms. The molecule has 0 spiro atoms. The fourth-order valence-electron chi connectivity index (χ4n) is 3.43. The Kier molecular flexibility index (Phi) is 6.04. The minimum Gasteiger partial charge on any atom is -0.396 e. The van der Waals surface area contributed by atoms with Gasteiger partial charge in [0.05, 0.1) is 6.54 Å². The molecular formula is C19H29N5O. The second-order valence-corrected chi connectivity index (χ2v) is 6.86. The zero-order valence-electron chi connectivity index (χ0n) is 15.3. The van der Waals surface area contributed by atoms with Crippen LogP contribution >= 0.6 is 0 Å². The Balaban J connectivity index is 1.62. The zero-order chi connectivity index (χ0) is 17.6. The molecule has 136 valence electrons. The second-order valence-electron chi connectivity index (χ2n) is 6.86. The molecule has 0 amide bonds. The topological polar surface area (TPSA) is 66.2 Å². The third-order valence-corrected chi connectivity index (χ3v) is 5.19. The Labute approximate surface area is 149 Å². The van der Waals surface area contributed by atoms with Crippen LogP contribution in [0.15, 0.2) is 24.3 Å². The molecule has 1 aliphatic heterocycles. The molecule has 2 N–H and O–H groups in total. The van der Waals surface area contributed by atoms with Gasteiger partial charge in [0.25, 0.3) is 0 Å². The number of hydrogen-bond donors (Lipinski definition) is 2. The highest BCUT2D eigenvalue weighted by atomic mass is 16.3. The van der Waals surface area contributed by atoms with E-state index in [1.54, 1.807) is 0 Å². The van der Waals surface area contributed by atoms with Crippen molar-refractivity contribution in [1.82, 2.24) is 19.7 Å². The van der Waals surface area contributed by atoms with Gasteiger partial charge < -0.3 is 15.0 Å². The molecule has 1 fully saturated rings. The lowest BCUT2D eigenvalue weighted by Gasteiger charge is -2.31. The van der Waals surface area contributed by atoms with E-state index in [1.807, 2.05) is 7.05 Å². The van der Waals surface area contributed by atoms with Crippen LogP contribution in [0, 0.1) is 5.92 Å². The van der Waals surface area contributed by atoms with Crippen LogP contribution in [0.3, 0.4) is 0 Å². The Hall–Kier alpha value is -1.92. The molecule has 1 aliphatic rings. The smallest absolute Gasteiger partial charge is 0.152 e. The van der Waals surface area contributed by atoms with Gasteiger partial charge >= 0.3 is 0 Å². The second kappa shape index (κ2) is 8.45. The number of likely N-dealkylation sites (tertiary alicyclic amines) is 1. The third-order valence-electron chi connectivity index (χ3n) is 5.19. The quantitative estimate of drug-likeness (QED) is 0.807. The first-order valence-corrected chi connectivity index (χ1v) is 9.23. The number of anilines is 1. The molecule has 0 saturated carbocycles. The Morgan fingerprint density at radius 2 is 1.88 bits per heavy atom. The van der Waals surface area contributed by atoms with Crippen LogP contribution in [-0.2, 0) is 26.6 Å². The molecular weight excluding hydrogens is 314 g/mol. The molecule has 2 heterocycles. The van der Waals surface area contributed by atoms with E-state index in [9.17, 15) is 5.11 Å². The van der Waals surface area contributed by atoms with Gasteiger partial charge in [-0.2, -0.15) is 0 Å². The number of aliphatic hydroxyl groups is 1. The number of hydrogen-bond acceptors (Lipinski definition) is 5. The van der Waals surface area contributed by atoms with Crippen molar-refractivity contribution in [1.29, 1.82) is 0 Å². The van der Waals surface area contributed by atoms with Crippen LogP contribution in [0.25, 0.3) is 0 Å². The van der Waals surface area contributed by atoms with Crippen molar-refractivity contribution in [2.75, 3.05) is 25.0 Å². The van der Waals surface area contributed by atoms with Crippen molar-refractivity contribution in [3.63, 3.8) is 0 Å². The van der Waals surface area contributed by atoms with Crippen molar-refractivity contribution in [2.45, 2.75) is 39.3 Å². The molecule has 1 aromatic heterocycles. The van der Waals surface area contributed by atoms with Gasteiger partial charge in [-0.05, 0) is 43.5 Å². The number of aromatic nitrogens is 3. The lowest BCUT2D eigenvalue weighted by Crippen LogP contribution is -2.34. The lowest BCUT2D eigenvalue weighted by molar-refractivity contribution is 0.127. The van der Waals surface area contributed by atoms with E-state index in [2.05, 4.69) is 56.2 Å². The van der Waals surface area contributed by atoms with E-state index in [4.69, 9.17) is 0 Å². The Morgan fingerprint density at radius 1 is 1.16 bits per heavy atom. The van der Waals surface area contributed by atoms with E-state index in [0.29, 0.717) is 19.1 Å². The summed E-state index contributed by atoms with van der Waals surface area (Å²) in [5.41, 5.74) is 2.47. The molecule has 1 aromatic carbocycles. The summed E-state index contributed by atoms with van der Waals surface area (Å²) in [5, 5.41) is 21.3. The molecule has 6 heteroatoms. The number of benzene rings is 1. The first kappa shape index (κ1) is 17.9. The van der Waals surface area contributed by atoms with E-state index >= 15 is 0 Å². The van der Waals surface area contributed by atoms with E-state index in [1.165, 1.54) is 5.56 Å². The van der Waals surface area contributed by atoms with Crippen LogP contribution in [0.1, 0.15) is 37.0 Å². The average molecular weight is 343 g/mol. The number of aliphatic hydroxyl groups excluding tert-OH is 1. The largest absolute Gasteiger partial charge is 0.396 e. The van der Waals surface area contributed by atoms with Gasteiger partial charge in [-0.25, -0.2) is 0 Å². The normalized spacial score (nSPS) is 16.3. The van der Waals surface area contributed by atoms with Gasteiger partial charge in [0.1, 0.15) is 5.82 Å². The van der Waals surface area contributed by atoms with Crippen molar-refractivity contribution >= 4 is 5.69 Å². The summed E-state index contributed by atoms with van der Waals surface area (Å²) >= 11 is 0. The molecule has 0 bridgehead atoms. The van der Waals surface area contributed by atoms with Gasteiger partial charge in [0, 0.05) is 32.3 Å². The summed E-state index contributed by atoms with van der Waals surface area (Å²) < 4.78 is 2.06. The monoisotopic (exact) mass is 343 g/mol. The highest BCUT2D eigenvalue weighted by Crippen LogP contribution is 2.22. The maximum Gasteiger partial charge on any atom is 0.152 e. The SMILES string of the molecule is CCc1nnc(CNc2ccccc2CN2CCC(CO)CC2)n1C. The number of nitrogens with zero attached hydrogens (tertiary/aromatic N) is 4. The zero-order valence-corrected chi connectivity index (χ0v) is 15.3. The first-order chi connectivity index (χ1) is 12.2. The minimum absolute atomic E-state index is 0.323. The van der Waals surface area contributed by atoms with E-state index in [-0.39, 0.29) is 0 Å². The highest BCUT2D eigenvalue weighted by Gasteiger charge is 2.19. The first-order valence-electron chi connectivity index (χ1n) is 9.23. The molecule has 1 saturated heterocycles. The summed E-state index contributed by atoms with van der Waals surface area (Å²) in [6.45, 7) is 6.15. The predicted molar refractivity (Wildman–Crippen MR) is 99.2 cm³/mol. The van der Waals surface area contributed by atoms with Gasteiger partial charge in [0.15, 0.2) is 5.82 Å².